The summed E-state index contributed by atoms with van der Waals surface area (Å²) in [5, 5.41) is 15.7. The van der Waals surface area contributed by atoms with Crippen molar-refractivity contribution in [3.05, 3.63) is 48.4 Å². The Labute approximate surface area is 95.4 Å². The maximum atomic E-state index is 13.2. The molecule has 0 aromatic carbocycles. The lowest BCUT2D eigenvalue weighted by molar-refractivity contribution is -0.132. The largest absolute Gasteiger partial charge is 0.478 e. The van der Waals surface area contributed by atoms with Gasteiger partial charge in [0.15, 0.2) is 0 Å². The third-order valence-corrected chi connectivity index (χ3v) is 1.64. The minimum Gasteiger partial charge on any atom is -0.478 e. The van der Waals surface area contributed by atoms with Gasteiger partial charge >= 0.3 is 5.97 Å². The van der Waals surface area contributed by atoms with Crippen LogP contribution in [-0.4, -0.2) is 26.1 Å². The van der Waals surface area contributed by atoms with E-state index in [0.717, 1.165) is 4.80 Å². The number of hydrogen-bond donors (Lipinski definition) is 1. The second kappa shape index (κ2) is 5.69. The molecule has 1 N–H and O–H groups in total. The van der Waals surface area contributed by atoms with Gasteiger partial charge in [-0.05, 0) is 6.08 Å². The SMILES string of the molecule is C=C(/C=C(F)\C=C(\F)Cn1nccn1)C(=O)O. The van der Waals surface area contributed by atoms with Crippen molar-refractivity contribution in [2.24, 2.45) is 0 Å². The van der Waals surface area contributed by atoms with Gasteiger partial charge in [0.05, 0.1) is 18.0 Å². The Morgan fingerprint density at radius 1 is 1.35 bits per heavy atom. The van der Waals surface area contributed by atoms with Crippen LogP contribution in [-0.2, 0) is 11.3 Å². The van der Waals surface area contributed by atoms with Crippen molar-refractivity contribution < 1.29 is 18.7 Å². The van der Waals surface area contributed by atoms with E-state index in [9.17, 15) is 13.6 Å². The van der Waals surface area contributed by atoms with E-state index in [-0.39, 0.29) is 6.54 Å². The Hall–Kier alpha value is -2.31. The van der Waals surface area contributed by atoms with Crippen molar-refractivity contribution >= 4 is 5.97 Å². The van der Waals surface area contributed by atoms with Crippen molar-refractivity contribution in [3.63, 3.8) is 0 Å². The molecule has 0 amide bonds. The first-order valence-electron chi connectivity index (χ1n) is 4.48. The summed E-state index contributed by atoms with van der Waals surface area (Å²) in [6.07, 6.45) is 3.88. The Kier molecular flexibility index (Phi) is 4.27. The molecule has 0 aliphatic rings. The number of aromatic nitrogens is 3. The maximum Gasteiger partial charge on any atom is 0.335 e. The van der Waals surface area contributed by atoms with Crippen molar-refractivity contribution in [1.29, 1.82) is 0 Å². The smallest absolute Gasteiger partial charge is 0.335 e. The first-order chi connectivity index (χ1) is 7.99. The summed E-state index contributed by atoms with van der Waals surface area (Å²) in [5.41, 5.74) is -0.469. The van der Waals surface area contributed by atoms with Gasteiger partial charge in [0.1, 0.15) is 18.2 Å². The highest BCUT2D eigenvalue weighted by atomic mass is 19.1. The van der Waals surface area contributed by atoms with E-state index >= 15 is 0 Å². The van der Waals surface area contributed by atoms with Crippen LogP contribution in [0.4, 0.5) is 8.78 Å². The van der Waals surface area contributed by atoms with Crippen LogP contribution in [0.1, 0.15) is 0 Å². The first kappa shape index (κ1) is 12.8. The molecule has 0 unspecified atom stereocenters. The predicted molar refractivity (Wildman–Crippen MR) is 55.2 cm³/mol. The molecular formula is C10H9F2N3O2. The molecule has 0 atom stereocenters. The topological polar surface area (TPSA) is 68.0 Å². The molecule has 1 heterocycles. The van der Waals surface area contributed by atoms with Crippen LogP contribution in [0.15, 0.2) is 48.4 Å². The van der Waals surface area contributed by atoms with E-state index in [1.165, 1.54) is 12.4 Å². The van der Waals surface area contributed by atoms with Gasteiger partial charge in [-0.3, -0.25) is 0 Å². The average molecular weight is 241 g/mol. The number of allylic oxidation sites excluding steroid dienone is 3. The molecule has 7 heteroatoms. The average Bonchev–Trinajstić information content (AvgIpc) is 2.69. The fourth-order valence-electron chi connectivity index (χ4n) is 0.925. The van der Waals surface area contributed by atoms with Crippen LogP contribution in [0.5, 0.6) is 0 Å². The number of rotatable bonds is 5. The minimum atomic E-state index is -1.37. The van der Waals surface area contributed by atoms with Gasteiger partial charge in [-0.15, -0.1) is 0 Å². The van der Waals surface area contributed by atoms with Gasteiger partial charge in [-0.2, -0.15) is 15.0 Å². The maximum absolute atomic E-state index is 13.2. The van der Waals surface area contributed by atoms with Gasteiger partial charge in [-0.1, -0.05) is 6.58 Å². The molecule has 0 saturated carbocycles. The van der Waals surface area contributed by atoms with Crippen molar-refractivity contribution in [3.8, 4) is 0 Å². The van der Waals surface area contributed by atoms with E-state index in [1.807, 2.05) is 0 Å². The van der Waals surface area contributed by atoms with E-state index in [1.54, 1.807) is 0 Å². The van der Waals surface area contributed by atoms with Crippen LogP contribution in [0.25, 0.3) is 0 Å². The molecule has 0 bridgehead atoms. The molecule has 1 aromatic rings. The molecule has 5 nitrogen and oxygen atoms in total. The second-order valence-electron chi connectivity index (χ2n) is 3.01. The Morgan fingerprint density at radius 2 is 1.94 bits per heavy atom. The lowest BCUT2D eigenvalue weighted by Gasteiger charge is -1.96. The summed E-state index contributed by atoms with van der Waals surface area (Å²) in [6, 6.07) is 0. The van der Waals surface area contributed by atoms with Crippen molar-refractivity contribution in [1.82, 2.24) is 15.0 Å². The van der Waals surface area contributed by atoms with Crippen molar-refractivity contribution in [2.45, 2.75) is 6.54 Å². The Bertz CT molecular complexity index is 478. The summed E-state index contributed by atoms with van der Waals surface area (Å²) >= 11 is 0. The third-order valence-electron chi connectivity index (χ3n) is 1.64. The zero-order valence-corrected chi connectivity index (χ0v) is 8.68. The van der Waals surface area contributed by atoms with E-state index in [2.05, 4.69) is 16.8 Å². The minimum absolute atomic E-state index is 0.326. The zero-order chi connectivity index (χ0) is 12.8. The molecule has 0 aliphatic heterocycles. The molecule has 0 saturated heterocycles. The van der Waals surface area contributed by atoms with Gasteiger partial charge in [0.2, 0.25) is 0 Å². The predicted octanol–water partition coefficient (Wildman–Crippen LogP) is 1.63. The lowest BCUT2D eigenvalue weighted by Crippen LogP contribution is -2.02. The summed E-state index contributed by atoms with van der Waals surface area (Å²) in [5.74, 6) is -3.25. The molecule has 17 heavy (non-hydrogen) atoms. The molecule has 0 spiro atoms. The van der Waals surface area contributed by atoms with Crippen molar-refractivity contribution in [2.75, 3.05) is 0 Å². The van der Waals surface area contributed by atoms with Gasteiger partial charge < -0.3 is 5.11 Å². The molecule has 90 valence electrons. The fraction of sp³-hybridized carbons (Fsp3) is 0.100. The summed E-state index contributed by atoms with van der Waals surface area (Å²) < 4.78 is 26.2. The molecule has 1 rings (SSSR count). The third kappa shape index (κ3) is 4.37. The van der Waals surface area contributed by atoms with E-state index in [4.69, 9.17) is 5.11 Å². The zero-order valence-electron chi connectivity index (χ0n) is 8.68. The van der Waals surface area contributed by atoms with Crippen LogP contribution in [0.3, 0.4) is 0 Å². The number of nitrogens with zero attached hydrogens (tertiary/aromatic N) is 3. The molecular weight excluding hydrogens is 232 g/mol. The molecule has 1 aromatic heterocycles. The number of carbonyl (C=O) groups is 1. The van der Waals surface area contributed by atoms with Crippen LogP contribution in [0, 0.1) is 0 Å². The highest BCUT2D eigenvalue weighted by molar-refractivity contribution is 5.89. The Balaban J connectivity index is 2.68. The van der Waals surface area contributed by atoms with Crippen LogP contribution in [0.2, 0.25) is 0 Å². The van der Waals surface area contributed by atoms with E-state index < -0.39 is 23.2 Å². The number of halogens is 2. The molecule has 0 radical (unpaired) electrons. The van der Waals surface area contributed by atoms with Gasteiger partial charge in [0.25, 0.3) is 0 Å². The highest BCUT2D eigenvalue weighted by Gasteiger charge is 2.04. The number of aliphatic carboxylic acids is 1. The number of carboxylic acid groups (broad SMARTS) is 1. The quantitative estimate of drug-likeness (QED) is 0.628. The first-order valence-corrected chi connectivity index (χ1v) is 4.48. The molecule has 0 fully saturated rings. The normalized spacial score (nSPS) is 12.6. The fourth-order valence-corrected chi connectivity index (χ4v) is 0.925. The standard InChI is InChI=1S/C10H9F2N3O2/c1-7(10(16)17)4-8(11)5-9(12)6-15-13-2-3-14-15/h2-5H,1,6H2,(H,16,17)/b8-4+,9-5+. The second-order valence-corrected chi connectivity index (χ2v) is 3.01. The number of carboxylic acids is 1. The van der Waals surface area contributed by atoms with E-state index in [0.29, 0.717) is 12.2 Å². The molecule has 0 aliphatic carbocycles. The van der Waals surface area contributed by atoms with Crippen LogP contribution >= 0.6 is 0 Å². The number of hydrogen-bond acceptors (Lipinski definition) is 3. The summed E-state index contributed by atoms with van der Waals surface area (Å²) in [4.78, 5) is 11.3. The summed E-state index contributed by atoms with van der Waals surface area (Å²) in [6.45, 7) is 2.75. The monoisotopic (exact) mass is 241 g/mol. The Morgan fingerprint density at radius 3 is 2.47 bits per heavy atom. The lowest BCUT2D eigenvalue weighted by atomic mass is 10.2. The summed E-state index contributed by atoms with van der Waals surface area (Å²) in [7, 11) is 0. The highest BCUT2D eigenvalue weighted by Crippen LogP contribution is 2.09. The van der Waals surface area contributed by atoms with Gasteiger partial charge in [-0.25, -0.2) is 13.6 Å². The van der Waals surface area contributed by atoms with Gasteiger partial charge in [0, 0.05) is 6.08 Å². The van der Waals surface area contributed by atoms with Crippen LogP contribution < -0.4 is 0 Å².